The van der Waals surface area contributed by atoms with Gasteiger partial charge in [-0.3, -0.25) is 24.7 Å². The number of hydrogen-bond acceptors (Lipinski definition) is 7. The van der Waals surface area contributed by atoms with Gasteiger partial charge in [-0.05, 0) is 55.8 Å². The fourth-order valence-corrected chi connectivity index (χ4v) is 6.13. The molecule has 3 aromatic carbocycles. The maximum atomic E-state index is 12.9. The SMILES string of the molecule is NC(=O)C1CCCCN1Cc1ccc(C(=O)CNCCN2CCCCC2OC(=O)Nc2ccccc2-c2ccccc2)cc1. The molecule has 5 rings (SSSR count). The van der Waals surface area contributed by atoms with E-state index in [1.807, 2.05) is 78.9 Å². The number of nitrogens with one attached hydrogen (secondary N) is 2. The molecule has 2 unspecified atom stereocenters. The molecule has 9 heteroatoms. The lowest BCUT2D eigenvalue weighted by atomic mass is 10.00. The first-order valence-electron chi connectivity index (χ1n) is 15.7. The number of amides is 2. The molecule has 0 saturated carbocycles. The predicted molar refractivity (Wildman–Crippen MR) is 172 cm³/mol. The molecule has 2 aliphatic rings. The lowest BCUT2D eigenvalue weighted by Crippen LogP contribution is -2.47. The summed E-state index contributed by atoms with van der Waals surface area (Å²) in [6, 6.07) is 25.1. The van der Waals surface area contributed by atoms with Crippen molar-refractivity contribution in [2.75, 3.05) is 38.0 Å². The van der Waals surface area contributed by atoms with Crippen molar-refractivity contribution in [2.24, 2.45) is 5.73 Å². The van der Waals surface area contributed by atoms with Crippen LogP contribution in [0.15, 0.2) is 78.9 Å². The molecule has 2 aliphatic heterocycles. The zero-order chi connectivity index (χ0) is 30.7. The Hall–Kier alpha value is -4.05. The smallest absolute Gasteiger partial charge is 0.413 e. The van der Waals surface area contributed by atoms with Gasteiger partial charge in [0.25, 0.3) is 0 Å². The Morgan fingerprint density at radius 2 is 1.52 bits per heavy atom. The number of primary amides is 1. The zero-order valence-electron chi connectivity index (χ0n) is 25.3. The third-order valence-electron chi connectivity index (χ3n) is 8.51. The largest absolute Gasteiger partial charge is 0.430 e. The number of nitrogens with two attached hydrogens (primary N) is 1. The van der Waals surface area contributed by atoms with Crippen LogP contribution in [0.25, 0.3) is 11.1 Å². The van der Waals surface area contributed by atoms with E-state index in [9.17, 15) is 14.4 Å². The average Bonchev–Trinajstić information content (AvgIpc) is 3.05. The summed E-state index contributed by atoms with van der Waals surface area (Å²) < 4.78 is 5.88. The van der Waals surface area contributed by atoms with E-state index in [-0.39, 0.29) is 30.5 Å². The van der Waals surface area contributed by atoms with Crippen molar-refractivity contribution in [1.29, 1.82) is 0 Å². The Balaban J connectivity index is 1.07. The lowest BCUT2D eigenvalue weighted by molar-refractivity contribution is -0.124. The van der Waals surface area contributed by atoms with Crippen molar-refractivity contribution < 1.29 is 19.1 Å². The van der Waals surface area contributed by atoms with Crippen LogP contribution in [-0.2, 0) is 16.1 Å². The van der Waals surface area contributed by atoms with Crippen LogP contribution in [0, 0.1) is 0 Å². The van der Waals surface area contributed by atoms with E-state index in [4.69, 9.17) is 10.5 Å². The number of carbonyl (C=O) groups excluding carboxylic acids is 3. The molecule has 0 radical (unpaired) electrons. The Bertz CT molecular complexity index is 1400. The normalized spacial score (nSPS) is 19.3. The number of ether oxygens (including phenoxy) is 1. The number of carbonyl (C=O) groups is 3. The molecule has 9 nitrogen and oxygen atoms in total. The molecule has 0 spiro atoms. The van der Waals surface area contributed by atoms with Crippen LogP contribution < -0.4 is 16.4 Å². The van der Waals surface area contributed by atoms with E-state index in [0.29, 0.717) is 30.9 Å². The van der Waals surface area contributed by atoms with Crippen LogP contribution in [0.3, 0.4) is 0 Å². The fourth-order valence-electron chi connectivity index (χ4n) is 6.13. The monoisotopic (exact) mass is 597 g/mol. The third-order valence-corrected chi connectivity index (χ3v) is 8.51. The molecule has 2 saturated heterocycles. The van der Waals surface area contributed by atoms with Gasteiger partial charge in [0.05, 0.1) is 18.3 Å². The van der Waals surface area contributed by atoms with Crippen LogP contribution >= 0.6 is 0 Å². The summed E-state index contributed by atoms with van der Waals surface area (Å²) in [5, 5.41) is 6.20. The topological polar surface area (TPSA) is 117 Å². The number of piperidine rings is 2. The highest BCUT2D eigenvalue weighted by Gasteiger charge is 2.27. The molecule has 2 atom stereocenters. The minimum absolute atomic E-state index is 0.0208. The summed E-state index contributed by atoms with van der Waals surface area (Å²) >= 11 is 0. The standard InChI is InChI=1S/C35H43N5O4/c36-34(42)31-14-6-8-22-40(31)25-26-16-18-28(19-17-26)32(41)24-37-20-23-39-21-9-7-15-33(39)44-35(43)38-30-13-5-4-12-29(30)27-10-2-1-3-11-27/h1-5,10-13,16-19,31,33,37H,6-9,14-15,20-25H2,(H2,36,42)(H,38,43). The van der Waals surface area contributed by atoms with Crippen LogP contribution in [0.5, 0.6) is 0 Å². The number of ketones is 1. The van der Waals surface area contributed by atoms with Crippen molar-refractivity contribution in [2.45, 2.75) is 57.3 Å². The van der Waals surface area contributed by atoms with E-state index in [0.717, 1.165) is 68.3 Å². The van der Waals surface area contributed by atoms with Crippen molar-refractivity contribution in [1.82, 2.24) is 15.1 Å². The number of Topliss-reactive ketones (excluding diaryl/α,β-unsaturated/α-hetero) is 1. The fraction of sp³-hybridized carbons (Fsp3) is 0.400. The summed E-state index contributed by atoms with van der Waals surface area (Å²) in [7, 11) is 0. The van der Waals surface area contributed by atoms with Gasteiger partial charge < -0.3 is 15.8 Å². The van der Waals surface area contributed by atoms with Crippen molar-refractivity contribution >= 4 is 23.5 Å². The average molecular weight is 598 g/mol. The molecule has 2 amide bonds. The first kappa shape index (κ1) is 31.4. The van der Waals surface area contributed by atoms with Gasteiger partial charge in [-0.1, -0.05) is 79.2 Å². The summed E-state index contributed by atoms with van der Waals surface area (Å²) in [6.45, 7) is 3.84. The number of benzene rings is 3. The molecule has 0 aliphatic carbocycles. The van der Waals surface area contributed by atoms with Gasteiger partial charge in [0.15, 0.2) is 12.0 Å². The zero-order valence-corrected chi connectivity index (χ0v) is 25.3. The van der Waals surface area contributed by atoms with Crippen molar-refractivity contribution in [3.8, 4) is 11.1 Å². The highest BCUT2D eigenvalue weighted by molar-refractivity contribution is 5.97. The van der Waals surface area contributed by atoms with E-state index in [1.165, 1.54) is 0 Å². The highest BCUT2D eigenvalue weighted by Crippen LogP contribution is 2.28. The molecule has 232 valence electrons. The van der Waals surface area contributed by atoms with Gasteiger partial charge in [0, 0.05) is 37.3 Å². The van der Waals surface area contributed by atoms with Crippen LogP contribution in [0.1, 0.15) is 54.4 Å². The number of anilines is 1. The number of rotatable bonds is 12. The summed E-state index contributed by atoms with van der Waals surface area (Å²) in [5.41, 5.74) is 9.98. The maximum Gasteiger partial charge on any atom is 0.413 e. The Labute approximate surface area is 259 Å². The van der Waals surface area contributed by atoms with Crippen molar-refractivity contribution in [3.63, 3.8) is 0 Å². The van der Waals surface area contributed by atoms with Crippen LogP contribution in [-0.4, -0.2) is 72.6 Å². The second-order valence-electron chi connectivity index (χ2n) is 11.6. The third kappa shape index (κ3) is 8.53. The lowest BCUT2D eigenvalue weighted by Gasteiger charge is -2.34. The summed E-state index contributed by atoms with van der Waals surface area (Å²) in [6.07, 6.45) is 4.92. The van der Waals surface area contributed by atoms with E-state index < -0.39 is 6.09 Å². The molecular formula is C35H43N5O4. The number of nitrogens with zero attached hydrogens (tertiary/aromatic N) is 2. The number of likely N-dealkylation sites (tertiary alicyclic amines) is 2. The van der Waals surface area contributed by atoms with Gasteiger partial charge in [0.1, 0.15) is 0 Å². The highest BCUT2D eigenvalue weighted by atomic mass is 16.6. The minimum atomic E-state index is -0.470. The molecule has 2 heterocycles. The van der Waals surface area contributed by atoms with Crippen LogP contribution in [0.2, 0.25) is 0 Å². The quantitative estimate of drug-likeness (QED) is 0.198. The molecule has 3 aromatic rings. The predicted octanol–water partition coefficient (Wildman–Crippen LogP) is 5.03. The first-order valence-corrected chi connectivity index (χ1v) is 15.7. The maximum absolute atomic E-state index is 12.9. The van der Waals surface area contributed by atoms with Gasteiger partial charge in [-0.25, -0.2) is 4.79 Å². The second-order valence-corrected chi connectivity index (χ2v) is 11.6. The minimum Gasteiger partial charge on any atom is -0.430 e. The molecular weight excluding hydrogens is 554 g/mol. The van der Waals surface area contributed by atoms with Gasteiger partial charge in [0.2, 0.25) is 5.91 Å². The Morgan fingerprint density at radius 3 is 2.30 bits per heavy atom. The number of hydrogen-bond donors (Lipinski definition) is 3. The van der Waals surface area contributed by atoms with Gasteiger partial charge in [-0.15, -0.1) is 0 Å². The Morgan fingerprint density at radius 1 is 0.818 bits per heavy atom. The van der Waals surface area contributed by atoms with Gasteiger partial charge in [-0.2, -0.15) is 0 Å². The van der Waals surface area contributed by atoms with Crippen molar-refractivity contribution in [3.05, 3.63) is 90.0 Å². The summed E-state index contributed by atoms with van der Waals surface area (Å²) in [5.74, 6) is -0.245. The van der Waals surface area contributed by atoms with Crippen LogP contribution in [0.4, 0.5) is 10.5 Å². The molecule has 0 bridgehead atoms. The van der Waals surface area contributed by atoms with E-state index in [1.54, 1.807) is 0 Å². The molecule has 4 N–H and O–H groups in total. The van der Waals surface area contributed by atoms with Gasteiger partial charge >= 0.3 is 6.09 Å². The second kappa shape index (κ2) is 15.6. The molecule has 2 fully saturated rings. The molecule has 44 heavy (non-hydrogen) atoms. The van der Waals surface area contributed by atoms with E-state index >= 15 is 0 Å². The molecule has 0 aromatic heterocycles. The van der Waals surface area contributed by atoms with E-state index in [2.05, 4.69) is 20.4 Å². The Kier molecular flexibility index (Phi) is 11.1. The number of para-hydroxylation sites is 1. The summed E-state index contributed by atoms with van der Waals surface area (Å²) in [4.78, 5) is 41.9. The first-order chi connectivity index (χ1) is 21.5.